The summed E-state index contributed by atoms with van der Waals surface area (Å²) in [4.78, 5) is 3.82. The number of nitrogens with zero attached hydrogens (tertiary/aromatic N) is 1. The quantitative estimate of drug-likeness (QED) is 0.830. The van der Waals surface area contributed by atoms with E-state index in [1.54, 1.807) is 18.2 Å². The highest BCUT2D eigenvalue weighted by Crippen LogP contribution is 2.36. The van der Waals surface area contributed by atoms with Gasteiger partial charge in [0.25, 0.3) is 0 Å². The molecule has 0 fully saturated rings. The van der Waals surface area contributed by atoms with E-state index in [0.717, 1.165) is 0 Å². The molecule has 0 saturated carbocycles. The molecule has 6 heteroatoms. The standard InChI is InChI=1S/C14H13Cl2FN2O/c1-2-11(18)9-3-4-10(15)14(13(9)17)20-8-5-6-19-12(16)7-8/h3-7,11H,2,18H2,1H3/t11-/m1/s1. The summed E-state index contributed by atoms with van der Waals surface area (Å²) in [6.45, 7) is 1.88. The zero-order valence-electron chi connectivity index (χ0n) is 10.7. The summed E-state index contributed by atoms with van der Waals surface area (Å²) in [7, 11) is 0. The minimum absolute atomic E-state index is 0.0599. The van der Waals surface area contributed by atoms with Gasteiger partial charge in [-0.25, -0.2) is 9.37 Å². The van der Waals surface area contributed by atoms with Gasteiger partial charge in [-0.15, -0.1) is 0 Å². The van der Waals surface area contributed by atoms with Crippen LogP contribution in [-0.4, -0.2) is 4.98 Å². The summed E-state index contributed by atoms with van der Waals surface area (Å²) < 4.78 is 19.9. The van der Waals surface area contributed by atoms with Crippen molar-refractivity contribution in [2.24, 2.45) is 5.73 Å². The van der Waals surface area contributed by atoms with E-state index in [2.05, 4.69) is 4.98 Å². The van der Waals surface area contributed by atoms with Crippen LogP contribution in [0.3, 0.4) is 0 Å². The van der Waals surface area contributed by atoms with Gasteiger partial charge in [0.2, 0.25) is 0 Å². The molecule has 0 amide bonds. The van der Waals surface area contributed by atoms with Crippen molar-refractivity contribution < 1.29 is 9.13 Å². The molecule has 0 aliphatic heterocycles. The van der Waals surface area contributed by atoms with Crippen LogP contribution < -0.4 is 10.5 Å². The zero-order valence-corrected chi connectivity index (χ0v) is 12.2. The molecule has 0 aliphatic carbocycles. The van der Waals surface area contributed by atoms with Crippen LogP contribution in [0.5, 0.6) is 11.5 Å². The fraction of sp³-hybridized carbons (Fsp3) is 0.214. The molecule has 106 valence electrons. The fourth-order valence-electron chi connectivity index (χ4n) is 1.71. The maximum Gasteiger partial charge on any atom is 0.181 e. The van der Waals surface area contributed by atoms with Crippen molar-refractivity contribution in [3.05, 3.63) is 52.0 Å². The number of nitrogens with two attached hydrogens (primary N) is 1. The molecule has 1 aromatic heterocycles. The molecule has 2 N–H and O–H groups in total. The molecule has 1 heterocycles. The van der Waals surface area contributed by atoms with Crippen LogP contribution in [0.4, 0.5) is 4.39 Å². The van der Waals surface area contributed by atoms with Gasteiger partial charge in [0.15, 0.2) is 11.6 Å². The topological polar surface area (TPSA) is 48.1 Å². The minimum atomic E-state index is -0.556. The van der Waals surface area contributed by atoms with Crippen LogP contribution in [0.1, 0.15) is 24.9 Å². The Bertz CT molecular complexity index is 622. The molecule has 20 heavy (non-hydrogen) atoms. The predicted molar refractivity (Wildman–Crippen MR) is 78.0 cm³/mol. The monoisotopic (exact) mass is 314 g/mol. The van der Waals surface area contributed by atoms with Crippen molar-refractivity contribution in [3.8, 4) is 11.5 Å². The Kier molecular flexibility index (Phi) is 4.81. The van der Waals surface area contributed by atoms with Crippen LogP contribution in [0.2, 0.25) is 10.2 Å². The minimum Gasteiger partial charge on any atom is -0.453 e. The second-order valence-electron chi connectivity index (χ2n) is 4.21. The largest absolute Gasteiger partial charge is 0.453 e. The normalized spacial score (nSPS) is 12.2. The predicted octanol–water partition coefficient (Wildman–Crippen LogP) is 4.73. The summed E-state index contributed by atoms with van der Waals surface area (Å²) in [5.41, 5.74) is 6.23. The van der Waals surface area contributed by atoms with E-state index in [1.807, 2.05) is 6.92 Å². The van der Waals surface area contributed by atoms with Gasteiger partial charge in [-0.1, -0.05) is 36.2 Å². The lowest BCUT2D eigenvalue weighted by Gasteiger charge is -2.15. The molecule has 0 radical (unpaired) electrons. The van der Waals surface area contributed by atoms with Crippen molar-refractivity contribution in [1.82, 2.24) is 4.98 Å². The first-order valence-corrected chi connectivity index (χ1v) is 6.81. The number of ether oxygens (including phenoxy) is 1. The first-order chi connectivity index (χ1) is 9.52. The Hall–Kier alpha value is -1.36. The molecule has 1 atom stereocenters. The van der Waals surface area contributed by atoms with E-state index < -0.39 is 11.9 Å². The molecule has 2 rings (SSSR count). The maximum atomic E-state index is 14.4. The Morgan fingerprint density at radius 3 is 2.75 bits per heavy atom. The van der Waals surface area contributed by atoms with E-state index in [1.165, 1.54) is 12.3 Å². The highest BCUT2D eigenvalue weighted by atomic mass is 35.5. The highest BCUT2D eigenvalue weighted by Gasteiger charge is 2.18. The number of aromatic nitrogens is 1. The lowest BCUT2D eigenvalue weighted by atomic mass is 10.0. The third-order valence-corrected chi connectivity index (χ3v) is 3.34. The number of halogens is 3. The number of hydrogen-bond donors (Lipinski definition) is 1. The summed E-state index contributed by atoms with van der Waals surface area (Å²) in [6.07, 6.45) is 2.07. The molecule has 0 saturated heterocycles. The number of pyridine rings is 1. The van der Waals surface area contributed by atoms with Crippen molar-refractivity contribution in [3.63, 3.8) is 0 Å². The van der Waals surface area contributed by atoms with E-state index in [4.69, 9.17) is 33.7 Å². The number of rotatable bonds is 4. The van der Waals surface area contributed by atoms with Crippen molar-refractivity contribution in [2.45, 2.75) is 19.4 Å². The summed E-state index contributed by atoms with van der Waals surface area (Å²) in [5, 5.41) is 0.419. The molecule has 0 spiro atoms. The van der Waals surface area contributed by atoms with E-state index in [9.17, 15) is 4.39 Å². The Balaban J connectivity index is 2.40. The smallest absolute Gasteiger partial charge is 0.181 e. The van der Waals surface area contributed by atoms with Gasteiger partial charge in [-0.05, 0) is 18.6 Å². The van der Waals surface area contributed by atoms with Gasteiger partial charge in [0.1, 0.15) is 10.9 Å². The van der Waals surface area contributed by atoms with Gasteiger partial charge < -0.3 is 10.5 Å². The first kappa shape index (κ1) is 15.0. The lowest BCUT2D eigenvalue weighted by molar-refractivity contribution is 0.434. The molecule has 2 aromatic rings. The van der Waals surface area contributed by atoms with Crippen LogP contribution in [0.15, 0.2) is 30.5 Å². The molecule has 1 aromatic carbocycles. The van der Waals surface area contributed by atoms with Gasteiger partial charge in [-0.3, -0.25) is 0 Å². The van der Waals surface area contributed by atoms with Gasteiger partial charge in [0.05, 0.1) is 5.02 Å². The fourth-order valence-corrected chi connectivity index (χ4v) is 2.06. The summed E-state index contributed by atoms with van der Waals surface area (Å²) in [6, 6.07) is 5.76. The van der Waals surface area contributed by atoms with Crippen LogP contribution in [-0.2, 0) is 0 Å². The van der Waals surface area contributed by atoms with Crippen molar-refractivity contribution in [2.75, 3.05) is 0 Å². The Morgan fingerprint density at radius 2 is 2.10 bits per heavy atom. The second-order valence-corrected chi connectivity index (χ2v) is 5.01. The molecule has 0 bridgehead atoms. The second kappa shape index (κ2) is 6.39. The highest BCUT2D eigenvalue weighted by molar-refractivity contribution is 6.32. The Morgan fingerprint density at radius 1 is 1.35 bits per heavy atom. The average Bonchev–Trinajstić information content (AvgIpc) is 2.43. The average molecular weight is 315 g/mol. The van der Waals surface area contributed by atoms with Gasteiger partial charge in [0, 0.05) is 23.9 Å². The number of benzene rings is 1. The van der Waals surface area contributed by atoms with Crippen molar-refractivity contribution >= 4 is 23.2 Å². The molecule has 3 nitrogen and oxygen atoms in total. The third-order valence-electron chi connectivity index (χ3n) is 2.84. The van der Waals surface area contributed by atoms with Crippen molar-refractivity contribution in [1.29, 1.82) is 0 Å². The molecule has 0 aliphatic rings. The molecular formula is C14H13Cl2FN2O. The molecule has 0 unspecified atom stereocenters. The lowest BCUT2D eigenvalue weighted by Crippen LogP contribution is -2.11. The summed E-state index contributed by atoms with van der Waals surface area (Å²) >= 11 is 11.7. The number of hydrogen-bond acceptors (Lipinski definition) is 3. The first-order valence-electron chi connectivity index (χ1n) is 6.05. The van der Waals surface area contributed by atoms with E-state index >= 15 is 0 Å². The van der Waals surface area contributed by atoms with Crippen LogP contribution in [0.25, 0.3) is 0 Å². The summed E-state index contributed by atoms with van der Waals surface area (Å²) in [5.74, 6) is -0.261. The zero-order chi connectivity index (χ0) is 14.7. The molecular weight excluding hydrogens is 302 g/mol. The van der Waals surface area contributed by atoms with Gasteiger partial charge in [-0.2, -0.15) is 0 Å². The van der Waals surface area contributed by atoms with Gasteiger partial charge >= 0.3 is 0 Å². The SMILES string of the molecule is CC[C@@H](N)c1ccc(Cl)c(Oc2ccnc(Cl)c2)c1F. The third kappa shape index (κ3) is 3.20. The van der Waals surface area contributed by atoms with Crippen LogP contribution >= 0.6 is 23.2 Å². The maximum absolute atomic E-state index is 14.4. The van der Waals surface area contributed by atoms with E-state index in [-0.39, 0.29) is 15.9 Å². The van der Waals surface area contributed by atoms with E-state index in [0.29, 0.717) is 17.7 Å². The Labute approximate surface area is 126 Å². The van der Waals surface area contributed by atoms with Crippen LogP contribution in [0, 0.1) is 5.82 Å².